The van der Waals surface area contributed by atoms with Gasteiger partial charge in [-0.1, -0.05) is 13.0 Å². The molecule has 0 aliphatic carbocycles. The number of sulfonamides is 1. The fraction of sp³-hybridized carbons (Fsp3) is 0.474. The SMILES string of the molecule is CNC[C@@H]1Oc2cc(-c3cncnc3)ccc2S(=O)(=O)N([C@H](C)CO)C[C@H]1C. The summed E-state index contributed by atoms with van der Waals surface area (Å²) in [5.74, 6) is 0.219. The van der Waals surface area contributed by atoms with Crippen LogP contribution in [-0.2, 0) is 10.0 Å². The highest BCUT2D eigenvalue weighted by molar-refractivity contribution is 7.89. The Morgan fingerprint density at radius 2 is 2.04 bits per heavy atom. The number of benzene rings is 1. The lowest BCUT2D eigenvalue weighted by atomic mass is 10.0. The van der Waals surface area contributed by atoms with E-state index < -0.39 is 16.1 Å². The van der Waals surface area contributed by atoms with Crippen LogP contribution in [0.4, 0.5) is 0 Å². The predicted molar refractivity (Wildman–Crippen MR) is 105 cm³/mol. The molecular formula is C19H26N4O4S. The molecule has 28 heavy (non-hydrogen) atoms. The number of aromatic nitrogens is 2. The van der Waals surface area contributed by atoms with Gasteiger partial charge in [-0.25, -0.2) is 18.4 Å². The molecule has 0 amide bonds. The molecule has 1 aromatic heterocycles. The zero-order valence-electron chi connectivity index (χ0n) is 16.2. The van der Waals surface area contributed by atoms with Gasteiger partial charge in [-0.05, 0) is 31.7 Å². The highest BCUT2D eigenvalue weighted by Gasteiger charge is 2.37. The van der Waals surface area contributed by atoms with Gasteiger partial charge in [0.05, 0.1) is 6.61 Å². The molecule has 152 valence electrons. The molecule has 2 heterocycles. The third kappa shape index (κ3) is 4.02. The Hall–Kier alpha value is -2.07. The fourth-order valence-corrected chi connectivity index (χ4v) is 5.12. The Labute approximate surface area is 165 Å². The van der Waals surface area contributed by atoms with E-state index in [2.05, 4.69) is 15.3 Å². The van der Waals surface area contributed by atoms with Crippen LogP contribution in [0.25, 0.3) is 11.1 Å². The van der Waals surface area contributed by atoms with Gasteiger partial charge in [0.2, 0.25) is 10.0 Å². The predicted octanol–water partition coefficient (Wildman–Crippen LogP) is 1.13. The van der Waals surface area contributed by atoms with Crippen molar-refractivity contribution in [2.75, 3.05) is 26.7 Å². The second-order valence-electron chi connectivity index (χ2n) is 7.09. The summed E-state index contributed by atoms with van der Waals surface area (Å²) >= 11 is 0. The summed E-state index contributed by atoms with van der Waals surface area (Å²) in [4.78, 5) is 8.14. The molecule has 9 heteroatoms. The Morgan fingerprint density at radius 3 is 2.68 bits per heavy atom. The number of aliphatic hydroxyl groups excluding tert-OH is 1. The van der Waals surface area contributed by atoms with E-state index in [0.29, 0.717) is 12.3 Å². The zero-order valence-corrected chi connectivity index (χ0v) is 17.1. The molecular weight excluding hydrogens is 380 g/mol. The van der Waals surface area contributed by atoms with Gasteiger partial charge in [-0.3, -0.25) is 0 Å². The van der Waals surface area contributed by atoms with E-state index >= 15 is 0 Å². The minimum atomic E-state index is -3.83. The molecule has 0 radical (unpaired) electrons. The summed E-state index contributed by atoms with van der Waals surface area (Å²) in [5, 5.41) is 12.7. The van der Waals surface area contributed by atoms with Crippen molar-refractivity contribution in [2.45, 2.75) is 30.9 Å². The monoisotopic (exact) mass is 406 g/mol. The Morgan fingerprint density at radius 1 is 1.32 bits per heavy atom. The van der Waals surface area contributed by atoms with Gasteiger partial charge in [0.25, 0.3) is 0 Å². The Balaban J connectivity index is 2.14. The van der Waals surface area contributed by atoms with E-state index in [1.165, 1.54) is 10.6 Å². The van der Waals surface area contributed by atoms with Crippen molar-refractivity contribution < 1.29 is 18.3 Å². The van der Waals surface area contributed by atoms with Crippen LogP contribution in [-0.4, -0.2) is 66.7 Å². The molecule has 0 spiro atoms. The van der Waals surface area contributed by atoms with Gasteiger partial charge in [0.1, 0.15) is 23.1 Å². The number of likely N-dealkylation sites (N-methyl/N-ethyl adjacent to an activating group) is 1. The zero-order chi connectivity index (χ0) is 20.3. The molecule has 2 N–H and O–H groups in total. The molecule has 1 aromatic carbocycles. The van der Waals surface area contributed by atoms with Crippen molar-refractivity contribution in [3.8, 4) is 16.9 Å². The molecule has 1 aliphatic heterocycles. The van der Waals surface area contributed by atoms with Crippen LogP contribution in [0.5, 0.6) is 5.75 Å². The van der Waals surface area contributed by atoms with Gasteiger partial charge in [-0.2, -0.15) is 4.31 Å². The van der Waals surface area contributed by atoms with Crippen LogP contribution in [0.1, 0.15) is 13.8 Å². The van der Waals surface area contributed by atoms with Crippen molar-refractivity contribution in [2.24, 2.45) is 5.92 Å². The van der Waals surface area contributed by atoms with Gasteiger partial charge in [-0.15, -0.1) is 0 Å². The number of ether oxygens (including phenoxy) is 1. The number of rotatable bonds is 5. The van der Waals surface area contributed by atoms with E-state index in [-0.39, 0.29) is 30.1 Å². The Bertz CT molecular complexity index is 907. The first kappa shape index (κ1) is 20.7. The first-order chi connectivity index (χ1) is 13.4. The summed E-state index contributed by atoms with van der Waals surface area (Å²) in [7, 11) is -2.00. The van der Waals surface area contributed by atoms with Crippen LogP contribution in [0.3, 0.4) is 0 Å². The maximum atomic E-state index is 13.3. The minimum Gasteiger partial charge on any atom is -0.487 e. The molecule has 8 nitrogen and oxygen atoms in total. The molecule has 3 rings (SSSR count). The van der Waals surface area contributed by atoms with Gasteiger partial charge >= 0.3 is 0 Å². The summed E-state index contributed by atoms with van der Waals surface area (Å²) < 4.78 is 34.2. The molecule has 1 aliphatic rings. The van der Waals surface area contributed by atoms with Crippen molar-refractivity contribution in [1.29, 1.82) is 0 Å². The van der Waals surface area contributed by atoms with Crippen molar-refractivity contribution in [3.63, 3.8) is 0 Å². The van der Waals surface area contributed by atoms with E-state index in [4.69, 9.17) is 4.74 Å². The lowest BCUT2D eigenvalue weighted by Crippen LogP contribution is -2.49. The lowest BCUT2D eigenvalue weighted by molar-refractivity contribution is 0.103. The minimum absolute atomic E-state index is 0.0758. The highest BCUT2D eigenvalue weighted by atomic mass is 32.2. The maximum absolute atomic E-state index is 13.3. The number of hydrogen-bond acceptors (Lipinski definition) is 7. The molecule has 0 bridgehead atoms. The van der Waals surface area contributed by atoms with Crippen LogP contribution < -0.4 is 10.1 Å². The first-order valence-electron chi connectivity index (χ1n) is 9.22. The second kappa shape index (κ2) is 8.52. The quantitative estimate of drug-likeness (QED) is 0.767. The molecule has 0 saturated carbocycles. The lowest BCUT2D eigenvalue weighted by Gasteiger charge is -2.36. The summed E-state index contributed by atoms with van der Waals surface area (Å²) in [5.41, 5.74) is 1.54. The third-order valence-corrected chi connectivity index (χ3v) is 6.99. The topological polar surface area (TPSA) is 105 Å². The van der Waals surface area contributed by atoms with Crippen LogP contribution >= 0.6 is 0 Å². The second-order valence-corrected chi connectivity index (χ2v) is 8.95. The van der Waals surface area contributed by atoms with E-state index in [9.17, 15) is 13.5 Å². The fourth-order valence-electron chi connectivity index (χ4n) is 3.30. The van der Waals surface area contributed by atoms with E-state index in [1.54, 1.807) is 37.5 Å². The van der Waals surface area contributed by atoms with E-state index in [1.807, 2.05) is 14.0 Å². The maximum Gasteiger partial charge on any atom is 0.247 e. The molecule has 0 fully saturated rings. The number of aliphatic hydroxyl groups is 1. The normalized spacial score (nSPS) is 23.1. The summed E-state index contributed by atoms with van der Waals surface area (Å²) in [6, 6.07) is 4.46. The molecule has 2 aromatic rings. The van der Waals surface area contributed by atoms with Gasteiger partial charge in [0, 0.05) is 43.0 Å². The Kier molecular flexibility index (Phi) is 6.29. The highest BCUT2D eigenvalue weighted by Crippen LogP contribution is 2.36. The van der Waals surface area contributed by atoms with Crippen LogP contribution in [0.15, 0.2) is 41.8 Å². The number of nitrogens with one attached hydrogen (secondary N) is 1. The molecule has 3 atom stereocenters. The largest absolute Gasteiger partial charge is 0.487 e. The standard InChI is InChI=1S/C19H26N4O4S/c1-13-10-23(14(2)11-24)28(25,26)19-5-4-15(16-7-21-12-22-8-16)6-17(19)27-18(13)9-20-3/h4-8,12-14,18,20,24H,9-11H2,1-3H3/t13-,14-,18+/m1/s1. The smallest absolute Gasteiger partial charge is 0.247 e. The number of fused-ring (bicyclic) bond motifs is 1. The van der Waals surface area contributed by atoms with Crippen molar-refractivity contribution in [1.82, 2.24) is 19.6 Å². The summed E-state index contributed by atoms with van der Waals surface area (Å²) in [6.45, 7) is 4.24. The first-order valence-corrected chi connectivity index (χ1v) is 10.7. The summed E-state index contributed by atoms with van der Waals surface area (Å²) in [6.07, 6.45) is 4.55. The van der Waals surface area contributed by atoms with Crippen LogP contribution in [0.2, 0.25) is 0 Å². The van der Waals surface area contributed by atoms with E-state index in [0.717, 1.165) is 11.1 Å². The molecule has 0 unspecified atom stereocenters. The van der Waals surface area contributed by atoms with Gasteiger partial charge in [0.15, 0.2) is 0 Å². The van der Waals surface area contributed by atoms with Crippen molar-refractivity contribution >= 4 is 10.0 Å². The third-order valence-electron chi connectivity index (χ3n) is 4.97. The number of nitrogens with zero attached hydrogens (tertiary/aromatic N) is 3. The van der Waals surface area contributed by atoms with Crippen LogP contribution in [0, 0.1) is 5.92 Å². The van der Waals surface area contributed by atoms with Crippen molar-refractivity contribution in [3.05, 3.63) is 36.9 Å². The average molecular weight is 407 g/mol. The number of hydrogen-bond donors (Lipinski definition) is 2. The van der Waals surface area contributed by atoms with Gasteiger partial charge < -0.3 is 15.2 Å². The molecule has 0 saturated heterocycles. The average Bonchev–Trinajstić information content (AvgIpc) is 2.70.